The number of fused-ring (bicyclic) bond motifs is 2. The molecule has 1 aliphatic rings. The second kappa shape index (κ2) is 5.87. The molecule has 1 aliphatic carbocycles. The number of carbonyl (C=O) groups excluding carboxylic acids is 1. The van der Waals surface area contributed by atoms with Gasteiger partial charge in [-0.1, -0.05) is 54.6 Å². The Hall–Kier alpha value is -3.04. The smallest absolute Gasteiger partial charge is 0.150 e. The predicted octanol–water partition coefficient (Wildman–Crippen LogP) is 4.13. The summed E-state index contributed by atoms with van der Waals surface area (Å²) >= 11 is 0. The maximum atomic E-state index is 11.3. The van der Waals surface area contributed by atoms with Crippen LogP contribution >= 0.6 is 0 Å². The number of pyridine rings is 1. The number of rotatable bonds is 2. The molecule has 116 valence electrons. The van der Waals surface area contributed by atoms with Crippen LogP contribution in [0, 0.1) is 0 Å². The molecular weight excluding hydrogens is 298 g/mol. The van der Waals surface area contributed by atoms with Crippen molar-refractivity contribution >= 4 is 18.4 Å². The van der Waals surface area contributed by atoms with Crippen LogP contribution in [0.1, 0.15) is 38.8 Å². The minimum absolute atomic E-state index is 0.568. The standard InChI is InChI=1S/C21H15NO2/c23-13-15-7-4-8-18-17(15)9-10-20-19(21(18)24)11-16(12-22-20)14-5-2-1-3-6-14/h1-13,21,24H. The van der Waals surface area contributed by atoms with Crippen LogP contribution < -0.4 is 0 Å². The zero-order valence-electron chi connectivity index (χ0n) is 12.9. The van der Waals surface area contributed by atoms with E-state index in [1.807, 2.05) is 60.8 Å². The Morgan fingerprint density at radius 1 is 0.917 bits per heavy atom. The van der Waals surface area contributed by atoms with Gasteiger partial charge in [-0.3, -0.25) is 9.78 Å². The summed E-state index contributed by atoms with van der Waals surface area (Å²) in [5, 5.41) is 10.9. The summed E-state index contributed by atoms with van der Waals surface area (Å²) in [6, 6.07) is 17.3. The first-order chi connectivity index (χ1) is 11.8. The van der Waals surface area contributed by atoms with Gasteiger partial charge in [0.25, 0.3) is 0 Å². The summed E-state index contributed by atoms with van der Waals surface area (Å²) in [7, 11) is 0. The van der Waals surface area contributed by atoms with Gasteiger partial charge in [-0.25, -0.2) is 0 Å². The molecule has 4 rings (SSSR count). The van der Waals surface area contributed by atoms with Gasteiger partial charge in [0.2, 0.25) is 0 Å². The molecule has 1 heterocycles. The summed E-state index contributed by atoms with van der Waals surface area (Å²) < 4.78 is 0. The van der Waals surface area contributed by atoms with E-state index in [1.165, 1.54) is 0 Å². The summed E-state index contributed by atoms with van der Waals surface area (Å²) in [6.07, 6.45) is 5.51. The van der Waals surface area contributed by atoms with Gasteiger partial charge in [-0.2, -0.15) is 0 Å². The number of aldehydes is 1. The van der Waals surface area contributed by atoms with E-state index in [0.29, 0.717) is 5.56 Å². The van der Waals surface area contributed by atoms with Gasteiger partial charge >= 0.3 is 0 Å². The summed E-state index contributed by atoms with van der Waals surface area (Å²) in [4.78, 5) is 15.8. The molecule has 0 radical (unpaired) electrons. The minimum Gasteiger partial charge on any atom is -0.384 e. The second-order valence-corrected chi connectivity index (χ2v) is 5.77. The van der Waals surface area contributed by atoms with Crippen molar-refractivity contribution in [2.75, 3.05) is 0 Å². The van der Waals surface area contributed by atoms with E-state index in [2.05, 4.69) is 4.98 Å². The van der Waals surface area contributed by atoms with E-state index in [1.54, 1.807) is 12.1 Å². The Morgan fingerprint density at radius 3 is 2.54 bits per heavy atom. The fourth-order valence-corrected chi connectivity index (χ4v) is 3.10. The third-order valence-electron chi connectivity index (χ3n) is 4.35. The lowest BCUT2D eigenvalue weighted by atomic mass is 9.94. The normalized spacial score (nSPS) is 15.3. The van der Waals surface area contributed by atoms with Gasteiger partial charge in [0, 0.05) is 22.9 Å². The molecule has 1 unspecified atom stereocenters. The molecule has 0 fully saturated rings. The zero-order valence-corrected chi connectivity index (χ0v) is 12.9. The number of nitrogens with zero attached hydrogens (tertiary/aromatic N) is 1. The number of aliphatic hydroxyl groups excluding tert-OH is 1. The molecule has 3 aromatic rings. The molecule has 0 spiro atoms. The lowest BCUT2D eigenvalue weighted by molar-refractivity contribution is 0.112. The van der Waals surface area contributed by atoms with E-state index >= 15 is 0 Å². The maximum Gasteiger partial charge on any atom is 0.150 e. The molecule has 0 bridgehead atoms. The maximum absolute atomic E-state index is 11.3. The topological polar surface area (TPSA) is 50.2 Å². The SMILES string of the molecule is O=Cc1cccc2c1C=Cc1ncc(-c3ccccc3)cc1C2O. The van der Waals surface area contributed by atoms with E-state index in [-0.39, 0.29) is 0 Å². The molecule has 2 aromatic carbocycles. The number of hydrogen-bond acceptors (Lipinski definition) is 3. The highest BCUT2D eigenvalue weighted by atomic mass is 16.3. The summed E-state index contributed by atoms with van der Waals surface area (Å²) in [5.74, 6) is 0. The Bertz CT molecular complexity index is 945. The van der Waals surface area contributed by atoms with Crippen molar-refractivity contribution < 1.29 is 9.90 Å². The first-order valence-corrected chi connectivity index (χ1v) is 7.77. The Balaban J connectivity index is 1.88. The molecule has 3 nitrogen and oxygen atoms in total. The van der Waals surface area contributed by atoms with E-state index in [9.17, 15) is 9.90 Å². The first-order valence-electron chi connectivity index (χ1n) is 7.77. The lowest BCUT2D eigenvalue weighted by Gasteiger charge is -2.16. The fourth-order valence-electron chi connectivity index (χ4n) is 3.10. The van der Waals surface area contributed by atoms with Crippen LogP contribution in [-0.2, 0) is 0 Å². The van der Waals surface area contributed by atoms with Crippen LogP contribution in [0.4, 0.5) is 0 Å². The van der Waals surface area contributed by atoms with Gasteiger partial charge in [0.15, 0.2) is 6.29 Å². The monoisotopic (exact) mass is 313 g/mol. The van der Waals surface area contributed by atoms with Crippen LogP contribution in [0.2, 0.25) is 0 Å². The average molecular weight is 313 g/mol. The molecule has 3 heteroatoms. The number of aromatic nitrogens is 1. The molecule has 0 saturated carbocycles. The van der Waals surface area contributed by atoms with Gasteiger partial charge in [-0.15, -0.1) is 0 Å². The van der Waals surface area contributed by atoms with Gasteiger partial charge in [-0.05, 0) is 28.8 Å². The van der Waals surface area contributed by atoms with Gasteiger partial charge in [0.05, 0.1) is 5.69 Å². The van der Waals surface area contributed by atoms with Crippen LogP contribution in [0.15, 0.2) is 60.8 Å². The first kappa shape index (κ1) is 14.5. The summed E-state index contributed by atoms with van der Waals surface area (Å²) in [6.45, 7) is 0. The quantitative estimate of drug-likeness (QED) is 0.724. The Kier molecular flexibility index (Phi) is 3.56. The van der Waals surface area contributed by atoms with Gasteiger partial charge < -0.3 is 5.11 Å². The Morgan fingerprint density at radius 2 is 1.75 bits per heavy atom. The van der Waals surface area contributed by atoms with Crippen LogP contribution in [-0.4, -0.2) is 16.4 Å². The van der Waals surface area contributed by atoms with E-state index in [4.69, 9.17) is 0 Å². The number of carbonyl (C=O) groups is 1. The van der Waals surface area contributed by atoms with E-state index < -0.39 is 6.10 Å². The number of aliphatic hydroxyl groups is 1. The van der Waals surface area contributed by atoms with Gasteiger partial charge in [0.1, 0.15) is 6.10 Å². The molecule has 1 aromatic heterocycles. The second-order valence-electron chi connectivity index (χ2n) is 5.77. The van der Waals surface area contributed by atoms with Crippen LogP contribution in [0.3, 0.4) is 0 Å². The molecular formula is C21H15NO2. The van der Waals surface area contributed by atoms with Crippen molar-refractivity contribution in [3.8, 4) is 11.1 Å². The predicted molar refractivity (Wildman–Crippen MR) is 94.5 cm³/mol. The third kappa shape index (κ3) is 2.36. The zero-order chi connectivity index (χ0) is 16.5. The van der Waals surface area contributed by atoms with Crippen molar-refractivity contribution in [3.05, 3.63) is 88.7 Å². The number of hydrogen-bond donors (Lipinski definition) is 1. The van der Waals surface area contributed by atoms with Crippen molar-refractivity contribution in [1.29, 1.82) is 0 Å². The Labute approximate surface area is 139 Å². The highest BCUT2D eigenvalue weighted by Crippen LogP contribution is 2.35. The molecule has 1 atom stereocenters. The van der Waals surface area contributed by atoms with Crippen molar-refractivity contribution in [1.82, 2.24) is 4.98 Å². The summed E-state index contributed by atoms with van der Waals surface area (Å²) in [5.41, 5.74) is 5.51. The van der Waals surface area contributed by atoms with Crippen molar-refractivity contribution in [2.45, 2.75) is 6.10 Å². The molecule has 24 heavy (non-hydrogen) atoms. The van der Waals surface area contributed by atoms with Crippen molar-refractivity contribution in [3.63, 3.8) is 0 Å². The molecule has 0 aliphatic heterocycles. The van der Waals surface area contributed by atoms with Crippen molar-refractivity contribution in [2.24, 2.45) is 0 Å². The molecule has 1 N–H and O–H groups in total. The lowest BCUT2D eigenvalue weighted by Crippen LogP contribution is -2.05. The molecule has 0 saturated heterocycles. The van der Waals surface area contributed by atoms with E-state index in [0.717, 1.165) is 39.8 Å². The molecule has 0 amide bonds. The minimum atomic E-state index is -0.818. The highest BCUT2D eigenvalue weighted by Gasteiger charge is 2.22. The fraction of sp³-hybridized carbons (Fsp3) is 0.0476. The third-order valence-corrected chi connectivity index (χ3v) is 4.35. The number of benzene rings is 2. The largest absolute Gasteiger partial charge is 0.384 e. The highest BCUT2D eigenvalue weighted by molar-refractivity contribution is 5.87. The van der Waals surface area contributed by atoms with Crippen LogP contribution in [0.25, 0.3) is 23.3 Å². The van der Waals surface area contributed by atoms with Crippen LogP contribution in [0.5, 0.6) is 0 Å². The average Bonchev–Trinajstić information content (AvgIpc) is 2.79.